The molecule has 9 heteroatoms. The van der Waals surface area contributed by atoms with Gasteiger partial charge < -0.3 is 5.11 Å². The first-order valence-electron chi connectivity index (χ1n) is 5.90. The number of rotatable bonds is 5. The highest BCUT2D eigenvalue weighted by Gasteiger charge is 2.19. The predicted molar refractivity (Wildman–Crippen MR) is 74.6 cm³/mol. The van der Waals surface area contributed by atoms with Gasteiger partial charge in [-0.05, 0) is 18.2 Å². The summed E-state index contributed by atoms with van der Waals surface area (Å²) in [5.41, 5.74) is 0.535. The first kappa shape index (κ1) is 15.9. The monoisotopic (exact) mass is 333 g/mol. The van der Waals surface area contributed by atoms with Gasteiger partial charge in [-0.2, -0.15) is 5.10 Å². The second kappa shape index (κ2) is 6.10. The average Bonchev–Trinajstić information content (AvgIpc) is 2.85. The maximum absolute atomic E-state index is 13.6. The van der Waals surface area contributed by atoms with Crippen molar-refractivity contribution in [3.8, 4) is 0 Å². The normalized spacial score (nSPS) is 11.8. The van der Waals surface area contributed by atoms with E-state index in [9.17, 15) is 12.8 Å². The molecule has 0 spiro atoms. The fourth-order valence-corrected chi connectivity index (χ4v) is 2.93. The second-order valence-electron chi connectivity index (χ2n) is 4.34. The van der Waals surface area contributed by atoms with E-state index in [4.69, 9.17) is 16.7 Å². The van der Waals surface area contributed by atoms with Gasteiger partial charge in [-0.15, -0.1) is 0 Å². The molecule has 1 aromatic carbocycles. The van der Waals surface area contributed by atoms with Crippen molar-refractivity contribution in [1.29, 1.82) is 0 Å². The molecule has 0 amide bonds. The number of hydrogen-bond acceptors (Lipinski definition) is 4. The van der Waals surface area contributed by atoms with E-state index in [0.29, 0.717) is 5.69 Å². The molecule has 6 nitrogen and oxygen atoms in total. The third-order valence-electron chi connectivity index (χ3n) is 2.77. The Hall–Kier alpha value is -1.48. The summed E-state index contributed by atoms with van der Waals surface area (Å²) in [7, 11) is -2.22. The highest BCUT2D eigenvalue weighted by Crippen LogP contribution is 2.24. The number of aliphatic hydroxyl groups is 1. The van der Waals surface area contributed by atoms with Crippen molar-refractivity contribution in [2.75, 3.05) is 0 Å². The summed E-state index contributed by atoms with van der Waals surface area (Å²) in [5.74, 6) is -0.901. The van der Waals surface area contributed by atoms with E-state index in [-0.39, 0.29) is 22.0 Å². The Labute approximate surface area is 126 Å². The minimum Gasteiger partial charge on any atom is -0.392 e. The fraction of sp³-hybridized carbons (Fsp3) is 0.250. The third kappa shape index (κ3) is 3.59. The van der Waals surface area contributed by atoms with Crippen molar-refractivity contribution in [2.45, 2.75) is 18.0 Å². The van der Waals surface area contributed by atoms with Gasteiger partial charge in [-0.1, -0.05) is 11.6 Å². The summed E-state index contributed by atoms with van der Waals surface area (Å²) in [6.45, 7) is -0.582. The van der Waals surface area contributed by atoms with Gasteiger partial charge >= 0.3 is 0 Å². The van der Waals surface area contributed by atoms with Crippen LogP contribution in [0, 0.1) is 5.82 Å². The molecule has 0 unspecified atom stereocenters. The number of halogens is 2. The Morgan fingerprint density at radius 3 is 2.76 bits per heavy atom. The van der Waals surface area contributed by atoms with Crippen LogP contribution in [0.15, 0.2) is 29.3 Å². The highest BCUT2D eigenvalue weighted by molar-refractivity contribution is 7.89. The van der Waals surface area contributed by atoms with Crippen molar-refractivity contribution >= 4 is 21.6 Å². The minimum absolute atomic E-state index is 0.00915. The smallest absolute Gasteiger partial charge is 0.241 e. The number of aliphatic hydroxyl groups excluding tert-OH is 1. The number of aryl methyl sites for hydroxylation is 1. The quantitative estimate of drug-likeness (QED) is 0.860. The fourth-order valence-electron chi connectivity index (χ4n) is 1.70. The predicted octanol–water partition coefficient (Wildman–Crippen LogP) is 1.18. The van der Waals surface area contributed by atoms with Crippen LogP contribution in [0.3, 0.4) is 0 Å². The summed E-state index contributed by atoms with van der Waals surface area (Å²) in [6.07, 6.45) is 1.68. The van der Waals surface area contributed by atoms with Crippen molar-refractivity contribution in [3.05, 3.63) is 46.5 Å². The van der Waals surface area contributed by atoms with Crippen LogP contribution in [0.2, 0.25) is 5.02 Å². The molecule has 0 aliphatic heterocycles. The SMILES string of the molecule is Cn1ccc(CNS(=O)(=O)c2cc(F)c(Cl)c(CO)c2)n1. The van der Waals surface area contributed by atoms with E-state index in [0.717, 1.165) is 12.1 Å². The van der Waals surface area contributed by atoms with Gasteiger partial charge in [0.2, 0.25) is 10.0 Å². The van der Waals surface area contributed by atoms with Gasteiger partial charge in [0.1, 0.15) is 5.82 Å². The van der Waals surface area contributed by atoms with Crippen LogP contribution in [0.4, 0.5) is 4.39 Å². The second-order valence-corrected chi connectivity index (χ2v) is 6.49. The van der Waals surface area contributed by atoms with E-state index in [1.165, 1.54) is 4.68 Å². The van der Waals surface area contributed by atoms with E-state index in [1.807, 2.05) is 0 Å². The van der Waals surface area contributed by atoms with Crippen LogP contribution in [0.25, 0.3) is 0 Å². The lowest BCUT2D eigenvalue weighted by Gasteiger charge is -2.09. The van der Waals surface area contributed by atoms with Crippen molar-refractivity contribution < 1.29 is 17.9 Å². The van der Waals surface area contributed by atoms with Gasteiger partial charge in [0, 0.05) is 18.8 Å². The van der Waals surface area contributed by atoms with Crippen LogP contribution < -0.4 is 4.72 Å². The molecule has 114 valence electrons. The van der Waals surface area contributed by atoms with Gasteiger partial charge in [-0.3, -0.25) is 4.68 Å². The Kier molecular flexibility index (Phi) is 4.62. The largest absolute Gasteiger partial charge is 0.392 e. The Morgan fingerprint density at radius 2 is 2.19 bits per heavy atom. The molecular weight excluding hydrogens is 321 g/mol. The number of nitrogens with one attached hydrogen (secondary N) is 1. The summed E-state index contributed by atoms with van der Waals surface area (Å²) < 4.78 is 41.6. The van der Waals surface area contributed by atoms with Crippen LogP contribution in [0.1, 0.15) is 11.3 Å². The van der Waals surface area contributed by atoms with E-state index in [2.05, 4.69) is 9.82 Å². The number of nitrogens with zero attached hydrogens (tertiary/aromatic N) is 2. The van der Waals surface area contributed by atoms with Crippen molar-refractivity contribution in [1.82, 2.24) is 14.5 Å². The molecule has 0 aliphatic rings. The molecule has 0 aliphatic carbocycles. The van der Waals surface area contributed by atoms with Crippen LogP contribution in [-0.4, -0.2) is 23.3 Å². The van der Waals surface area contributed by atoms with Crippen molar-refractivity contribution in [3.63, 3.8) is 0 Å². The maximum atomic E-state index is 13.6. The zero-order valence-corrected chi connectivity index (χ0v) is 12.6. The van der Waals surface area contributed by atoms with Gasteiger partial charge in [0.15, 0.2) is 0 Å². The third-order valence-corrected chi connectivity index (χ3v) is 4.57. The van der Waals surface area contributed by atoms with Crippen molar-refractivity contribution in [2.24, 2.45) is 7.05 Å². The van der Waals surface area contributed by atoms with Gasteiger partial charge in [-0.25, -0.2) is 17.5 Å². The molecule has 0 radical (unpaired) electrons. The summed E-state index contributed by atoms with van der Waals surface area (Å²) in [5, 5.41) is 12.8. The topological polar surface area (TPSA) is 84.2 Å². The molecule has 0 saturated heterocycles. The molecule has 0 saturated carbocycles. The molecule has 0 bridgehead atoms. The maximum Gasteiger partial charge on any atom is 0.241 e. The lowest BCUT2D eigenvalue weighted by molar-refractivity contribution is 0.281. The van der Waals surface area contributed by atoms with Gasteiger partial charge in [0.05, 0.1) is 28.8 Å². The molecule has 2 rings (SSSR count). The first-order valence-corrected chi connectivity index (χ1v) is 7.76. The lowest BCUT2D eigenvalue weighted by atomic mass is 10.2. The molecule has 1 heterocycles. The minimum atomic E-state index is -3.93. The molecule has 2 aromatic rings. The standard InChI is InChI=1S/C12H13ClFN3O3S/c1-17-3-2-9(16-17)6-15-21(19,20)10-4-8(7-18)12(13)11(14)5-10/h2-5,15,18H,6-7H2,1H3. The Morgan fingerprint density at radius 1 is 1.48 bits per heavy atom. The summed E-state index contributed by atoms with van der Waals surface area (Å²) in [4.78, 5) is -0.301. The lowest BCUT2D eigenvalue weighted by Crippen LogP contribution is -2.24. The molecule has 0 fully saturated rings. The zero-order valence-electron chi connectivity index (χ0n) is 11.0. The zero-order chi connectivity index (χ0) is 15.6. The number of sulfonamides is 1. The molecule has 1 aromatic heterocycles. The Balaban J connectivity index is 2.25. The molecule has 2 N–H and O–H groups in total. The molecule has 0 atom stereocenters. The highest BCUT2D eigenvalue weighted by atomic mass is 35.5. The van der Waals surface area contributed by atoms with E-state index >= 15 is 0 Å². The van der Waals surface area contributed by atoms with Crippen LogP contribution in [-0.2, 0) is 30.2 Å². The Bertz CT molecular complexity index is 761. The number of benzene rings is 1. The number of aromatic nitrogens is 2. The first-order chi connectivity index (χ1) is 9.83. The number of hydrogen-bond donors (Lipinski definition) is 2. The average molecular weight is 334 g/mol. The molecule has 21 heavy (non-hydrogen) atoms. The molecular formula is C12H13ClFN3O3S. The van der Waals surface area contributed by atoms with E-state index < -0.39 is 22.4 Å². The summed E-state index contributed by atoms with van der Waals surface area (Å²) in [6, 6.07) is 3.60. The van der Waals surface area contributed by atoms with Crippen LogP contribution >= 0.6 is 11.6 Å². The summed E-state index contributed by atoms with van der Waals surface area (Å²) >= 11 is 5.63. The van der Waals surface area contributed by atoms with Gasteiger partial charge in [0.25, 0.3) is 0 Å². The van der Waals surface area contributed by atoms with E-state index in [1.54, 1.807) is 19.3 Å². The van der Waals surface area contributed by atoms with Crippen LogP contribution in [0.5, 0.6) is 0 Å².